The van der Waals surface area contributed by atoms with E-state index in [2.05, 4.69) is 15.5 Å². The SMILES string of the molecule is COc1ccc(C(=O)CSc2nnnn2C)cc1OC. The Bertz CT molecular complexity index is 614. The maximum atomic E-state index is 12.1. The van der Waals surface area contributed by atoms with Gasteiger partial charge in [-0.2, -0.15) is 0 Å². The molecule has 0 aliphatic rings. The molecule has 0 amide bonds. The molecule has 0 saturated heterocycles. The second-order valence-electron chi connectivity index (χ2n) is 3.87. The second kappa shape index (κ2) is 6.38. The van der Waals surface area contributed by atoms with Gasteiger partial charge in [-0.3, -0.25) is 4.79 Å². The minimum atomic E-state index is -0.0287. The van der Waals surface area contributed by atoms with E-state index in [1.54, 1.807) is 32.4 Å². The van der Waals surface area contributed by atoms with Crippen molar-refractivity contribution < 1.29 is 14.3 Å². The number of thioether (sulfide) groups is 1. The summed E-state index contributed by atoms with van der Waals surface area (Å²) in [6.07, 6.45) is 0. The first kappa shape index (κ1) is 14.3. The third-order valence-corrected chi connectivity index (χ3v) is 3.63. The van der Waals surface area contributed by atoms with Gasteiger partial charge in [0.05, 0.1) is 20.0 Å². The van der Waals surface area contributed by atoms with Gasteiger partial charge >= 0.3 is 0 Å². The zero-order valence-corrected chi connectivity index (χ0v) is 12.2. The van der Waals surface area contributed by atoms with Gasteiger partial charge in [-0.05, 0) is 28.6 Å². The lowest BCUT2D eigenvalue weighted by Crippen LogP contribution is -2.04. The average Bonchev–Trinajstić information content (AvgIpc) is 2.89. The first-order valence-electron chi connectivity index (χ1n) is 5.76. The number of rotatable bonds is 6. The van der Waals surface area contributed by atoms with E-state index in [0.717, 1.165) is 0 Å². The molecule has 2 rings (SSSR count). The number of nitrogens with zero attached hydrogens (tertiary/aromatic N) is 4. The van der Waals surface area contributed by atoms with Gasteiger partial charge in [-0.1, -0.05) is 11.8 Å². The summed E-state index contributed by atoms with van der Waals surface area (Å²) >= 11 is 1.29. The Morgan fingerprint density at radius 2 is 2.05 bits per heavy atom. The molecule has 1 aromatic carbocycles. The molecule has 20 heavy (non-hydrogen) atoms. The zero-order chi connectivity index (χ0) is 14.5. The lowest BCUT2D eigenvalue weighted by Gasteiger charge is -2.08. The van der Waals surface area contributed by atoms with E-state index < -0.39 is 0 Å². The molecular formula is C12H14N4O3S. The molecule has 0 aliphatic heterocycles. The summed E-state index contributed by atoms with van der Waals surface area (Å²) in [6.45, 7) is 0. The molecule has 2 aromatic rings. The number of carbonyl (C=O) groups is 1. The number of ketones is 1. The van der Waals surface area contributed by atoms with Crippen LogP contribution in [0.2, 0.25) is 0 Å². The van der Waals surface area contributed by atoms with Crippen LogP contribution in [0.4, 0.5) is 0 Å². The number of tetrazole rings is 1. The molecule has 0 atom stereocenters. The smallest absolute Gasteiger partial charge is 0.209 e. The van der Waals surface area contributed by atoms with Gasteiger partial charge < -0.3 is 9.47 Å². The highest BCUT2D eigenvalue weighted by Crippen LogP contribution is 2.28. The van der Waals surface area contributed by atoms with Crippen molar-refractivity contribution in [1.82, 2.24) is 20.2 Å². The van der Waals surface area contributed by atoms with Crippen LogP contribution in [0.15, 0.2) is 23.4 Å². The van der Waals surface area contributed by atoms with Crippen molar-refractivity contribution in [2.24, 2.45) is 7.05 Å². The van der Waals surface area contributed by atoms with Crippen molar-refractivity contribution in [3.8, 4) is 11.5 Å². The van der Waals surface area contributed by atoms with Crippen LogP contribution in [-0.2, 0) is 7.05 Å². The molecule has 8 heteroatoms. The van der Waals surface area contributed by atoms with Crippen molar-refractivity contribution in [3.05, 3.63) is 23.8 Å². The average molecular weight is 294 g/mol. The van der Waals surface area contributed by atoms with Crippen molar-refractivity contribution in [1.29, 1.82) is 0 Å². The summed E-state index contributed by atoms with van der Waals surface area (Å²) in [4.78, 5) is 12.1. The predicted octanol–water partition coefficient (Wildman–Crippen LogP) is 1.20. The van der Waals surface area contributed by atoms with Gasteiger partial charge in [0.15, 0.2) is 17.3 Å². The third kappa shape index (κ3) is 3.08. The molecular weight excluding hydrogens is 280 g/mol. The number of aryl methyl sites for hydroxylation is 1. The Morgan fingerprint density at radius 3 is 2.65 bits per heavy atom. The summed E-state index contributed by atoms with van der Waals surface area (Å²) < 4.78 is 11.8. The van der Waals surface area contributed by atoms with Gasteiger partial charge in [0.2, 0.25) is 5.16 Å². The van der Waals surface area contributed by atoms with Crippen LogP contribution in [0.25, 0.3) is 0 Å². The fourth-order valence-electron chi connectivity index (χ4n) is 1.57. The third-order valence-electron chi connectivity index (χ3n) is 2.62. The zero-order valence-electron chi connectivity index (χ0n) is 11.4. The van der Waals surface area contributed by atoms with Crippen molar-refractivity contribution in [3.63, 3.8) is 0 Å². The van der Waals surface area contributed by atoms with E-state index in [4.69, 9.17) is 9.47 Å². The molecule has 0 unspecified atom stereocenters. The summed E-state index contributed by atoms with van der Waals surface area (Å²) in [5.41, 5.74) is 0.560. The molecule has 0 bridgehead atoms. The first-order chi connectivity index (χ1) is 9.65. The Morgan fingerprint density at radius 1 is 1.30 bits per heavy atom. The monoisotopic (exact) mass is 294 g/mol. The van der Waals surface area contributed by atoms with Crippen LogP contribution in [0.1, 0.15) is 10.4 Å². The summed E-state index contributed by atoms with van der Waals surface area (Å²) in [5.74, 6) is 1.35. The van der Waals surface area contributed by atoms with Crippen LogP contribution in [0, 0.1) is 0 Å². The maximum absolute atomic E-state index is 12.1. The van der Waals surface area contributed by atoms with E-state index in [0.29, 0.717) is 22.2 Å². The van der Waals surface area contributed by atoms with E-state index in [1.807, 2.05) is 0 Å². The Balaban J connectivity index is 2.07. The number of benzene rings is 1. The first-order valence-corrected chi connectivity index (χ1v) is 6.74. The number of ether oxygens (including phenoxy) is 2. The normalized spacial score (nSPS) is 10.3. The molecule has 0 spiro atoms. The highest BCUT2D eigenvalue weighted by Gasteiger charge is 2.13. The van der Waals surface area contributed by atoms with E-state index in [1.165, 1.54) is 23.6 Å². The molecule has 0 fully saturated rings. The van der Waals surface area contributed by atoms with Gasteiger partial charge in [0.1, 0.15) is 0 Å². The van der Waals surface area contributed by atoms with Gasteiger partial charge in [0, 0.05) is 12.6 Å². The van der Waals surface area contributed by atoms with Crippen LogP contribution in [-0.4, -0.2) is 46.0 Å². The van der Waals surface area contributed by atoms with Gasteiger partial charge in [-0.15, -0.1) is 5.10 Å². The van der Waals surface area contributed by atoms with Crippen LogP contribution in [0.3, 0.4) is 0 Å². The highest BCUT2D eigenvalue weighted by molar-refractivity contribution is 7.99. The predicted molar refractivity (Wildman–Crippen MR) is 73.4 cm³/mol. The molecule has 0 radical (unpaired) electrons. The number of Topliss-reactive ketones (excluding diaryl/α,β-unsaturated/α-hetero) is 1. The van der Waals surface area contributed by atoms with Crippen LogP contribution in [0.5, 0.6) is 11.5 Å². The molecule has 7 nitrogen and oxygen atoms in total. The number of methoxy groups -OCH3 is 2. The minimum absolute atomic E-state index is 0.0287. The maximum Gasteiger partial charge on any atom is 0.209 e. The second-order valence-corrected chi connectivity index (χ2v) is 4.81. The molecule has 106 valence electrons. The summed E-state index contributed by atoms with van der Waals surface area (Å²) in [5, 5.41) is 11.6. The molecule has 1 aromatic heterocycles. The summed E-state index contributed by atoms with van der Waals surface area (Å²) in [6, 6.07) is 5.08. The van der Waals surface area contributed by atoms with Crippen molar-refractivity contribution >= 4 is 17.5 Å². The lowest BCUT2D eigenvalue weighted by molar-refractivity contribution is 0.102. The minimum Gasteiger partial charge on any atom is -0.493 e. The Hall–Kier alpha value is -2.09. The topological polar surface area (TPSA) is 79.1 Å². The van der Waals surface area contributed by atoms with E-state index in [9.17, 15) is 4.79 Å². The molecule has 0 saturated carbocycles. The van der Waals surface area contributed by atoms with Crippen molar-refractivity contribution in [2.75, 3.05) is 20.0 Å². The fourth-order valence-corrected chi connectivity index (χ4v) is 2.31. The number of hydrogen-bond donors (Lipinski definition) is 0. The molecule has 1 heterocycles. The molecule has 0 aliphatic carbocycles. The number of aromatic nitrogens is 4. The largest absolute Gasteiger partial charge is 0.493 e. The van der Waals surface area contributed by atoms with Gasteiger partial charge in [-0.25, -0.2) is 4.68 Å². The van der Waals surface area contributed by atoms with E-state index >= 15 is 0 Å². The number of carbonyl (C=O) groups excluding carboxylic acids is 1. The van der Waals surface area contributed by atoms with Crippen LogP contribution >= 0.6 is 11.8 Å². The lowest BCUT2D eigenvalue weighted by atomic mass is 10.1. The fraction of sp³-hybridized carbons (Fsp3) is 0.333. The summed E-state index contributed by atoms with van der Waals surface area (Å²) in [7, 11) is 4.81. The Kier molecular flexibility index (Phi) is 4.57. The van der Waals surface area contributed by atoms with Gasteiger partial charge in [0.25, 0.3) is 0 Å². The Labute approximate surface area is 120 Å². The quantitative estimate of drug-likeness (QED) is 0.585. The number of hydrogen-bond acceptors (Lipinski definition) is 7. The van der Waals surface area contributed by atoms with E-state index in [-0.39, 0.29) is 11.5 Å². The molecule has 0 N–H and O–H groups in total. The standard InChI is InChI=1S/C12H14N4O3S/c1-16-12(13-14-15-16)20-7-9(17)8-4-5-10(18-2)11(6-8)19-3/h4-6H,7H2,1-3H3. The highest BCUT2D eigenvalue weighted by atomic mass is 32.2. The van der Waals surface area contributed by atoms with Crippen molar-refractivity contribution in [2.45, 2.75) is 5.16 Å². The van der Waals surface area contributed by atoms with Crippen LogP contribution < -0.4 is 9.47 Å².